The van der Waals surface area contributed by atoms with Crippen LogP contribution in [0.4, 0.5) is 0 Å². The van der Waals surface area contributed by atoms with E-state index in [1.165, 1.54) is 24.3 Å². The van der Waals surface area contributed by atoms with Gasteiger partial charge in [-0.05, 0) is 55.5 Å². The highest BCUT2D eigenvalue weighted by molar-refractivity contribution is 7.89. The highest BCUT2D eigenvalue weighted by Gasteiger charge is 2.29. The first kappa shape index (κ1) is 22.3. The van der Waals surface area contributed by atoms with Gasteiger partial charge in [0.25, 0.3) is 5.91 Å². The molecule has 10 heteroatoms. The van der Waals surface area contributed by atoms with Crippen LogP contribution in [-0.4, -0.2) is 49.1 Å². The fraction of sp³-hybridized carbons (Fsp3) is 0.273. The topological polar surface area (TPSA) is 99.9 Å². The Morgan fingerprint density at radius 3 is 2.56 bits per heavy atom. The number of carbonyl (C=O) groups is 2. The lowest BCUT2D eigenvalue weighted by Gasteiger charge is -2.26. The first-order valence-corrected chi connectivity index (χ1v) is 12.3. The van der Waals surface area contributed by atoms with Crippen LogP contribution in [-0.2, 0) is 27.9 Å². The van der Waals surface area contributed by atoms with Crippen molar-refractivity contribution in [2.24, 2.45) is 0 Å². The maximum Gasteiger partial charge on any atom is 0.254 e. The van der Waals surface area contributed by atoms with Gasteiger partial charge in [0.2, 0.25) is 15.9 Å². The van der Waals surface area contributed by atoms with Crippen molar-refractivity contribution >= 4 is 33.2 Å². The fourth-order valence-electron chi connectivity index (χ4n) is 3.47. The number of furan rings is 1. The Hall–Kier alpha value is -2.95. The van der Waals surface area contributed by atoms with E-state index >= 15 is 0 Å². The predicted octanol–water partition coefficient (Wildman–Crippen LogP) is 2.61. The van der Waals surface area contributed by atoms with E-state index in [0.717, 1.165) is 14.1 Å². The molecule has 1 N–H and O–H groups in total. The van der Waals surface area contributed by atoms with E-state index < -0.39 is 10.0 Å². The lowest BCUT2D eigenvalue weighted by atomic mass is 10.2. The Morgan fingerprint density at radius 1 is 1.16 bits per heavy atom. The summed E-state index contributed by atoms with van der Waals surface area (Å²) in [5.41, 5.74) is 0.375. The van der Waals surface area contributed by atoms with Gasteiger partial charge in [0.15, 0.2) is 0 Å². The third kappa shape index (κ3) is 4.93. The number of nitrogens with zero attached hydrogens (tertiary/aromatic N) is 2. The maximum absolute atomic E-state index is 13.3. The van der Waals surface area contributed by atoms with Crippen molar-refractivity contribution in [3.8, 4) is 0 Å². The molecule has 3 aromatic rings. The molecule has 1 fully saturated rings. The van der Waals surface area contributed by atoms with Crippen molar-refractivity contribution < 1.29 is 22.4 Å². The maximum atomic E-state index is 13.3. The summed E-state index contributed by atoms with van der Waals surface area (Å²) < 4.78 is 32.3. The zero-order chi connectivity index (χ0) is 22.7. The van der Waals surface area contributed by atoms with Crippen LogP contribution in [0.5, 0.6) is 0 Å². The molecule has 3 heterocycles. The Bertz CT molecular complexity index is 1200. The van der Waals surface area contributed by atoms with E-state index in [1.807, 2.05) is 25.1 Å². The van der Waals surface area contributed by atoms with Crippen LogP contribution in [0.2, 0.25) is 0 Å². The van der Waals surface area contributed by atoms with Crippen molar-refractivity contribution in [2.75, 3.05) is 19.6 Å². The minimum atomic E-state index is -3.81. The summed E-state index contributed by atoms with van der Waals surface area (Å²) in [7, 11) is -3.81. The molecule has 0 bridgehead atoms. The number of sulfonamides is 1. The summed E-state index contributed by atoms with van der Waals surface area (Å²) in [5.74, 6) is 0.104. The van der Waals surface area contributed by atoms with E-state index in [2.05, 4.69) is 5.32 Å². The highest BCUT2D eigenvalue weighted by atomic mass is 32.2. The molecule has 1 saturated heterocycles. The Labute approximate surface area is 190 Å². The molecule has 2 aromatic heterocycles. The van der Waals surface area contributed by atoms with Gasteiger partial charge in [-0.25, -0.2) is 8.42 Å². The second kappa shape index (κ2) is 9.27. The van der Waals surface area contributed by atoms with Gasteiger partial charge in [0.1, 0.15) is 5.76 Å². The van der Waals surface area contributed by atoms with E-state index in [0.29, 0.717) is 24.4 Å². The largest absolute Gasteiger partial charge is 0.467 e. The smallest absolute Gasteiger partial charge is 0.254 e. The third-order valence-corrected chi connectivity index (χ3v) is 7.94. The third-order valence-electron chi connectivity index (χ3n) is 5.10. The molecular weight excluding hydrogens is 450 g/mol. The standard InChI is InChI=1S/C22H23N3O5S2/c1-16-4-7-19(31-16)14-24(13-18-3-2-12-30-18)22(27)17-5-8-20(9-6-17)32(28,29)25-11-10-23-21(26)15-25/h2-9,12H,10-11,13-15H2,1H3,(H,23,26). The monoisotopic (exact) mass is 473 g/mol. The molecule has 168 valence electrons. The number of hydrogen-bond donors (Lipinski definition) is 1. The summed E-state index contributed by atoms with van der Waals surface area (Å²) in [6.45, 7) is 3.01. The zero-order valence-electron chi connectivity index (χ0n) is 17.5. The van der Waals surface area contributed by atoms with Crippen LogP contribution >= 0.6 is 11.3 Å². The number of thiophene rings is 1. The minimum Gasteiger partial charge on any atom is -0.467 e. The number of aryl methyl sites for hydroxylation is 1. The molecule has 0 aliphatic carbocycles. The lowest BCUT2D eigenvalue weighted by Crippen LogP contribution is -2.49. The first-order valence-electron chi connectivity index (χ1n) is 10.1. The van der Waals surface area contributed by atoms with Gasteiger partial charge in [-0.15, -0.1) is 11.3 Å². The van der Waals surface area contributed by atoms with Gasteiger partial charge in [0.05, 0.1) is 30.8 Å². The van der Waals surface area contributed by atoms with Gasteiger partial charge < -0.3 is 14.6 Å². The number of rotatable bonds is 7. The van der Waals surface area contributed by atoms with E-state index in [9.17, 15) is 18.0 Å². The number of carbonyl (C=O) groups excluding carboxylic acids is 2. The average Bonchev–Trinajstić information content (AvgIpc) is 3.44. The summed E-state index contributed by atoms with van der Waals surface area (Å²) >= 11 is 1.62. The lowest BCUT2D eigenvalue weighted by molar-refractivity contribution is -0.122. The molecule has 0 spiro atoms. The van der Waals surface area contributed by atoms with E-state index in [-0.39, 0.29) is 36.3 Å². The molecule has 8 nitrogen and oxygen atoms in total. The molecule has 4 rings (SSSR count). The van der Waals surface area contributed by atoms with Crippen LogP contribution in [0.25, 0.3) is 0 Å². The first-order chi connectivity index (χ1) is 15.3. The Kier molecular flexibility index (Phi) is 6.45. The summed E-state index contributed by atoms with van der Waals surface area (Å²) in [4.78, 5) is 28.8. The molecule has 1 aromatic carbocycles. The second-order valence-corrected chi connectivity index (χ2v) is 10.8. The molecule has 0 radical (unpaired) electrons. The normalized spacial score (nSPS) is 14.8. The Morgan fingerprint density at radius 2 is 1.94 bits per heavy atom. The second-order valence-electron chi connectivity index (χ2n) is 7.47. The average molecular weight is 474 g/mol. The van der Waals surface area contributed by atoms with E-state index in [1.54, 1.807) is 28.6 Å². The van der Waals surface area contributed by atoms with Crippen LogP contribution in [0.15, 0.2) is 64.1 Å². The van der Waals surface area contributed by atoms with Crippen LogP contribution in [0.3, 0.4) is 0 Å². The molecule has 0 unspecified atom stereocenters. The van der Waals surface area contributed by atoms with Crippen LogP contribution < -0.4 is 5.32 Å². The van der Waals surface area contributed by atoms with Crippen molar-refractivity contribution in [3.63, 3.8) is 0 Å². The summed E-state index contributed by atoms with van der Waals surface area (Å²) in [6.07, 6.45) is 1.56. The van der Waals surface area contributed by atoms with Crippen molar-refractivity contribution in [1.29, 1.82) is 0 Å². The SMILES string of the molecule is Cc1ccc(CN(Cc2ccco2)C(=O)c2ccc(S(=O)(=O)N3CCNC(=O)C3)cc2)s1. The molecule has 1 aliphatic rings. The number of hydrogen-bond acceptors (Lipinski definition) is 6. The van der Waals surface area contributed by atoms with Crippen molar-refractivity contribution in [1.82, 2.24) is 14.5 Å². The molecular formula is C22H23N3O5S2. The molecule has 1 aliphatic heterocycles. The highest BCUT2D eigenvalue weighted by Crippen LogP contribution is 2.22. The summed E-state index contributed by atoms with van der Waals surface area (Å²) in [5, 5.41) is 2.61. The van der Waals surface area contributed by atoms with Crippen LogP contribution in [0.1, 0.15) is 25.9 Å². The van der Waals surface area contributed by atoms with Gasteiger partial charge in [-0.3, -0.25) is 9.59 Å². The molecule has 0 saturated carbocycles. The number of piperazine rings is 1. The molecule has 32 heavy (non-hydrogen) atoms. The Balaban J connectivity index is 1.55. The fourth-order valence-corrected chi connectivity index (χ4v) is 5.77. The molecule has 2 amide bonds. The van der Waals surface area contributed by atoms with Gasteiger partial charge in [-0.1, -0.05) is 0 Å². The number of nitrogens with one attached hydrogen (secondary N) is 1. The van der Waals surface area contributed by atoms with Gasteiger partial charge >= 0.3 is 0 Å². The van der Waals surface area contributed by atoms with Crippen molar-refractivity contribution in [2.45, 2.75) is 24.9 Å². The molecule has 0 atom stereocenters. The predicted molar refractivity (Wildman–Crippen MR) is 120 cm³/mol. The quantitative estimate of drug-likeness (QED) is 0.569. The zero-order valence-corrected chi connectivity index (χ0v) is 19.1. The van der Waals surface area contributed by atoms with Crippen molar-refractivity contribution in [3.05, 3.63) is 75.9 Å². The van der Waals surface area contributed by atoms with E-state index in [4.69, 9.17) is 4.42 Å². The number of benzene rings is 1. The van der Waals surface area contributed by atoms with Crippen LogP contribution in [0, 0.1) is 6.92 Å². The van der Waals surface area contributed by atoms with Gasteiger partial charge in [-0.2, -0.15) is 4.31 Å². The number of amides is 2. The summed E-state index contributed by atoms with van der Waals surface area (Å²) in [6, 6.07) is 13.4. The minimum absolute atomic E-state index is 0.0511. The van der Waals surface area contributed by atoms with Gasteiger partial charge in [0, 0.05) is 28.4 Å².